The molecule has 0 aliphatic rings. The Balaban J connectivity index is 2.27. The van der Waals surface area contributed by atoms with E-state index in [1.54, 1.807) is 14.0 Å². The third-order valence-electron chi connectivity index (χ3n) is 3.96. The molecule has 5 nitrogen and oxygen atoms in total. The van der Waals surface area contributed by atoms with E-state index in [0.29, 0.717) is 22.1 Å². The number of ether oxygens (including phenoxy) is 2. The summed E-state index contributed by atoms with van der Waals surface area (Å²) in [6, 6.07) is 17.0. The van der Waals surface area contributed by atoms with Gasteiger partial charge in [-0.2, -0.15) is 0 Å². The highest BCUT2D eigenvalue weighted by atomic mass is 32.2. The molecule has 27 heavy (non-hydrogen) atoms. The number of rotatable bonds is 6. The van der Waals surface area contributed by atoms with Crippen molar-refractivity contribution < 1.29 is 14.3 Å². The minimum Gasteiger partial charge on any atom is -0.497 e. The van der Waals surface area contributed by atoms with Gasteiger partial charge in [0.15, 0.2) is 5.16 Å². The number of nitrogens with zero attached hydrogens (tertiary/aromatic N) is 2. The third kappa shape index (κ3) is 4.11. The van der Waals surface area contributed by atoms with Crippen molar-refractivity contribution >= 4 is 17.7 Å². The first-order chi connectivity index (χ1) is 13.2. The van der Waals surface area contributed by atoms with Crippen molar-refractivity contribution in [2.24, 2.45) is 0 Å². The van der Waals surface area contributed by atoms with Crippen LogP contribution in [0.25, 0.3) is 22.5 Å². The highest BCUT2D eigenvalue weighted by molar-refractivity contribution is 7.98. The molecule has 3 aromatic rings. The molecule has 0 amide bonds. The maximum Gasteiger partial charge on any atom is 0.342 e. The smallest absolute Gasteiger partial charge is 0.342 e. The van der Waals surface area contributed by atoms with E-state index in [0.717, 1.165) is 16.9 Å². The zero-order valence-corrected chi connectivity index (χ0v) is 16.2. The van der Waals surface area contributed by atoms with Crippen LogP contribution in [0.4, 0.5) is 0 Å². The predicted octanol–water partition coefficient (Wildman–Crippen LogP) is 4.72. The van der Waals surface area contributed by atoms with Crippen molar-refractivity contribution in [3.8, 4) is 28.3 Å². The minimum absolute atomic E-state index is 0.277. The summed E-state index contributed by atoms with van der Waals surface area (Å²) < 4.78 is 10.6. The van der Waals surface area contributed by atoms with Gasteiger partial charge in [0.25, 0.3) is 0 Å². The molecule has 0 spiro atoms. The molecule has 0 saturated carbocycles. The Bertz CT molecular complexity index is 928. The summed E-state index contributed by atoms with van der Waals surface area (Å²) in [5.74, 6) is 0.300. The molecular weight excluding hydrogens is 360 g/mol. The lowest BCUT2D eigenvalue weighted by Gasteiger charge is -2.14. The van der Waals surface area contributed by atoms with Gasteiger partial charge in [-0.15, -0.1) is 0 Å². The minimum atomic E-state index is -0.435. The van der Waals surface area contributed by atoms with Gasteiger partial charge in [0.2, 0.25) is 0 Å². The molecule has 0 radical (unpaired) electrons. The second-order valence-corrected chi connectivity index (χ2v) is 6.37. The van der Waals surface area contributed by atoms with Crippen molar-refractivity contribution in [2.45, 2.75) is 12.1 Å². The second-order valence-electron chi connectivity index (χ2n) is 5.60. The van der Waals surface area contributed by atoms with Crippen LogP contribution >= 0.6 is 11.8 Å². The molecule has 0 atom stereocenters. The van der Waals surface area contributed by atoms with E-state index in [1.165, 1.54) is 11.8 Å². The van der Waals surface area contributed by atoms with Gasteiger partial charge in [-0.25, -0.2) is 14.8 Å². The van der Waals surface area contributed by atoms with Gasteiger partial charge in [0, 0.05) is 11.1 Å². The number of carbonyl (C=O) groups excluding carboxylic acids is 1. The van der Waals surface area contributed by atoms with Crippen LogP contribution in [-0.2, 0) is 4.74 Å². The quantitative estimate of drug-likeness (QED) is 0.350. The zero-order valence-electron chi connectivity index (χ0n) is 15.4. The molecule has 138 valence electrons. The van der Waals surface area contributed by atoms with Crippen molar-refractivity contribution in [3.05, 3.63) is 60.2 Å². The molecule has 0 aliphatic heterocycles. The Hall–Kier alpha value is -2.86. The lowest BCUT2D eigenvalue weighted by molar-refractivity contribution is 0.0527. The summed E-state index contributed by atoms with van der Waals surface area (Å²) in [5.41, 5.74) is 3.13. The van der Waals surface area contributed by atoms with Gasteiger partial charge in [-0.1, -0.05) is 42.1 Å². The molecule has 3 rings (SSSR count). The van der Waals surface area contributed by atoms with Crippen LogP contribution in [0, 0.1) is 0 Å². The maximum absolute atomic E-state index is 12.8. The van der Waals surface area contributed by atoms with E-state index in [-0.39, 0.29) is 6.61 Å². The fraction of sp³-hybridized carbons (Fsp3) is 0.190. The number of thioether (sulfide) groups is 1. The lowest BCUT2D eigenvalue weighted by atomic mass is 10.00. The summed E-state index contributed by atoms with van der Waals surface area (Å²) in [7, 11) is 1.61. The van der Waals surface area contributed by atoms with Crippen LogP contribution in [-0.4, -0.2) is 35.9 Å². The normalized spacial score (nSPS) is 10.5. The average molecular weight is 380 g/mol. The predicted molar refractivity (Wildman–Crippen MR) is 107 cm³/mol. The summed E-state index contributed by atoms with van der Waals surface area (Å²) in [5, 5.41) is 0.590. The number of hydrogen-bond acceptors (Lipinski definition) is 6. The molecule has 1 aromatic heterocycles. The number of methoxy groups -OCH3 is 1. The second kappa shape index (κ2) is 8.68. The molecule has 0 saturated heterocycles. The van der Waals surface area contributed by atoms with E-state index >= 15 is 0 Å². The molecule has 0 N–H and O–H groups in total. The summed E-state index contributed by atoms with van der Waals surface area (Å²) in [4.78, 5) is 22.0. The fourth-order valence-corrected chi connectivity index (χ4v) is 3.06. The zero-order chi connectivity index (χ0) is 19.2. The Morgan fingerprint density at radius 2 is 1.56 bits per heavy atom. The molecule has 0 fully saturated rings. The van der Waals surface area contributed by atoms with Crippen LogP contribution in [0.3, 0.4) is 0 Å². The highest BCUT2D eigenvalue weighted by Gasteiger charge is 2.24. The fourth-order valence-electron chi connectivity index (χ4n) is 2.69. The van der Waals surface area contributed by atoms with Crippen molar-refractivity contribution in [1.82, 2.24) is 9.97 Å². The molecule has 1 heterocycles. The number of benzene rings is 2. The Morgan fingerprint density at radius 1 is 0.963 bits per heavy atom. The summed E-state index contributed by atoms with van der Waals surface area (Å²) in [6.07, 6.45) is 1.91. The Labute approximate surface area is 162 Å². The van der Waals surface area contributed by atoms with Gasteiger partial charge in [-0.3, -0.25) is 0 Å². The standard InChI is InChI=1S/C21H20N2O3S/c1-4-26-20(24)17-18(14-8-6-5-7-9-14)22-21(27-3)23-19(17)15-10-12-16(25-2)13-11-15/h5-13H,4H2,1-3H3. The first kappa shape index (κ1) is 18.9. The van der Waals surface area contributed by atoms with Crippen LogP contribution in [0.1, 0.15) is 17.3 Å². The van der Waals surface area contributed by atoms with Crippen LogP contribution in [0.15, 0.2) is 59.8 Å². The lowest BCUT2D eigenvalue weighted by Crippen LogP contribution is -2.12. The van der Waals surface area contributed by atoms with E-state index < -0.39 is 5.97 Å². The first-order valence-electron chi connectivity index (χ1n) is 8.51. The molecule has 0 aliphatic carbocycles. The number of hydrogen-bond donors (Lipinski definition) is 0. The monoisotopic (exact) mass is 380 g/mol. The topological polar surface area (TPSA) is 61.3 Å². The average Bonchev–Trinajstić information content (AvgIpc) is 2.73. The van der Waals surface area contributed by atoms with Gasteiger partial charge < -0.3 is 9.47 Å². The molecule has 2 aromatic carbocycles. The van der Waals surface area contributed by atoms with Gasteiger partial charge in [-0.05, 0) is 37.4 Å². The largest absolute Gasteiger partial charge is 0.497 e. The maximum atomic E-state index is 12.8. The number of carbonyl (C=O) groups is 1. The number of esters is 1. The Morgan fingerprint density at radius 3 is 2.07 bits per heavy atom. The van der Waals surface area contributed by atoms with Crippen molar-refractivity contribution in [3.63, 3.8) is 0 Å². The number of aromatic nitrogens is 2. The SMILES string of the molecule is CCOC(=O)c1c(-c2ccccc2)nc(SC)nc1-c1ccc(OC)cc1. The summed E-state index contributed by atoms with van der Waals surface area (Å²) >= 11 is 1.43. The molecule has 6 heteroatoms. The summed E-state index contributed by atoms with van der Waals surface area (Å²) in [6.45, 7) is 2.06. The Kier molecular flexibility index (Phi) is 6.08. The van der Waals surface area contributed by atoms with Crippen molar-refractivity contribution in [2.75, 3.05) is 20.0 Å². The molecule has 0 bridgehead atoms. The van der Waals surface area contributed by atoms with Crippen LogP contribution < -0.4 is 4.74 Å². The van der Waals surface area contributed by atoms with Crippen LogP contribution in [0.5, 0.6) is 5.75 Å². The highest BCUT2D eigenvalue weighted by Crippen LogP contribution is 2.33. The van der Waals surface area contributed by atoms with E-state index in [2.05, 4.69) is 9.97 Å². The van der Waals surface area contributed by atoms with Crippen molar-refractivity contribution in [1.29, 1.82) is 0 Å². The third-order valence-corrected chi connectivity index (χ3v) is 4.51. The molecular formula is C21H20N2O3S. The van der Waals surface area contributed by atoms with E-state index in [4.69, 9.17) is 9.47 Å². The van der Waals surface area contributed by atoms with E-state index in [1.807, 2.05) is 60.9 Å². The van der Waals surface area contributed by atoms with E-state index in [9.17, 15) is 4.79 Å². The first-order valence-corrected chi connectivity index (χ1v) is 9.73. The van der Waals surface area contributed by atoms with Gasteiger partial charge >= 0.3 is 5.97 Å². The van der Waals surface area contributed by atoms with Gasteiger partial charge in [0.1, 0.15) is 11.3 Å². The van der Waals surface area contributed by atoms with Crippen LogP contribution in [0.2, 0.25) is 0 Å². The van der Waals surface area contributed by atoms with Gasteiger partial charge in [0.05, 0.1) is 25.1 Å². The molecule has 0 unspecified atom stereocenters.